The Morgan fingerprint density at radius 2 is 1.79 bits per heavy atom. The maximum Gasteiger partial charge on any atom is 0.266 e. The van der Waals surface area contributed by atoms with Crippen molar-refractivity contribution in [3.05, 3.63) is 40.3 Å². The van der Waals surface area contributed by atoms with Crippen molar-refractivity contribution in [2.75, 3.05) is 0 Å². The molecule has 0 aliphatic carbocycles. The van der Waals surface area contributed by atoms with E-state index in [1.54, 1.807) is 19.9 Å². The number of carbonyl (C=O) groups is 2. The van der Waals surface area contributed by atoms with Gasteiger partial charge in [0.1, 0.15) is 4.32 Å². The Labute approximate surface area is 151 Å². The van der Waals surface area contributed by atoms with Gasteiger partial charge < -0.3 is 9.90 Å². The van der Waals surface area contributed by atoms with Crippen LogP contribution in [0.3, 0.4) is 0 Å². The van der Waals surface area contributed by atoms with E-state index < -0.39 is 12.0 Å². The number of carboxylic acid groups (broad SMARTS) is 1. The van der Waals surface area contributed by atoms with E-state index in [2.05, 4.69) is 13.8 Å². The third kappa shape index (κ3) is 3.87. The quantitative estimate of drug-likeness (QED) is 0.595. The Bertz CT molecular complexity index is 693. The van der Waals surface area contributed by atoms with Crippen LogP contribution in [0.5, 0.6) is 0 Å². The van der Waals surface area contributed by atoms with Gasteiger partial charge in [0.25, 0.3) is 5.91 Å². The van der Waals surface area contributed by atoms with E-state index in [-0.39, 0.29) is 16.1 Å². The van der Waals surface area contributed by atoms with Gasteiger partial charge in [-0.05, 0) is 29.0 Å². The van der Waals surface area contributed by atoms with Gasteiger partial charge in [-0.1, -0.05) is 75.9 Å². The monoisotopic (exact) mass is 362 g/mol. The van der Waals surface area contributed by atoms with E-state index in [0.717, 1.165) is 22.2 Å². The first-order chi connectivity index (χ1) is 11.2. The van der Waals surface area contributed by atoms with Crippen LogP contribution in [0.2, 0.25) is 0 Å². The molecule has 1 aliphatic heterocycles. The van der Waals surface area contributed by atoms with Gasteiger partial charge in [-0.25, -0.2) is 0 Å². The fourth-order valence-electron chi connectivity index (χ4n) is 2.52. The molecule has 1 amide bonds. The fraction of sp³-hybridized carbons (Fsp3) is 0.389. The lowest BCUT2D eigenvalue weighted by Gasteiger charge is -2.30. The summed E-state index contributed by atoms with van der Waals surface area (Å²) in [7, 11) is 0. The molecule has 0 spiro atoms. The molecule has 0 radical (unpaired) electrons. The zero-order valence-electron chi connectivity index (χ0n) is 14.1. The molecule has 1 aromatic rings. The van der Waals surface area contributed by atoms with Crippen LogP contribution >= 0.6 is 24.0 Å². The smallest absolute Gasteiger partial charge is 0.266 e. The van der Waals surface area contributed by atoms with Gasteiger partial charge in [-0.2, -0.15) is 0 Å². The van der Waals surface area contributed by atoms with E-state index in [1.165, 1.54) is 5.56 Å². The number of carboxylic acids is 1. The fourth-order valence-corrected chi connectivity index (χ4v) is 3.85. The van der Waals surface area contributed by atoms with Gasteiger partial charge in [-0.3, -0.25) is 9.69 Å². The first kappa shape index (κ1) is 18.7. The van der Waals surface area contributed by atoms with Crippen LogP contribution in [0, 0.1) is 5.92 Å². The topological polar surface area (TPSA) is 60.4 Å². The van der Waals surface area contributed by atoms with Gasteiger partial charge in [0, 0.05) is 0 Å². The van der Waals surface area contributed by atoms with Gasteiger partial charge in [0.15, 0.2) is 0 Å². The maximum absolute atomic E-state index is 12.6. The van der Waals surface area contributed by atoms with E-state index in [4.69, 9.17) is 12.2 Å². The summed E-state index contributed by atoms with van der Waals surface area (Å²) in [6.07, 6.45) is 1.75. The molecule has 0 N–H and O–H groups in total. The zero-order valence-corrected chi connectivity index (χ0v) is 15.7. The molecule has 1 saturated heterocycles. The summed E-state index contributed by atoms with van der Waals surface area (Å²) in [4.78, 5) is 25.6. The number of thiocarbonyl (C=S) groups is 1. The summed E-state index contributed by atoms with van der Waals surface area (Å²) in [5.74, 6) is -1.51. The average molecular weight is 362 g/mol. The number of hydrogen-bond acceptors (Lipinski definition) is 5. The van der Waals surface area contributed by atoms with Crippen LogP contribution in [0.25, 0.3) is 6.08 Å². The molecular weight excluding hydrogens is 342 g/mol. The number of hydrogen-bond donors (Lipinski definition) is 0. The number of nitrogens with zero attached hydrogens (tertiary/aromatic N) is 1. The van der Waals surface area contributed by atoms with Crippen LogP contribution in [0.4, 0.5) is 0 Å². The standard InChI is InChI=1S/C18H21NO3S2/c1-10(2)13-7-5-12(6-8-13)9-14-16(20)19(18(23)24-14)15(11(3)4)17(21)22/h5-11,15H,1-4H3,(H,21,22)/p-1/b14-9-/t15-/m0/s1. The molecule has 1 aromatic carbocycles. The van der Waals surface area contributed by atoms with Crippen LogP contribution in [-0.4, -0.2) is 27.1 Å². The minimum atomic E-state index is -1.29. The normalized spacial score (nSPS) is 18.1. The number of rotatable bonds is 5. The number of aliphatic carboxylic acids is 1. The highest BCUT2D eigenvalue weighted by Crippen LogP contribution is 2.35. The third-order valence-corrected chi connectivity index (χ3v) is 5.21. The van der Waals surface area contributed by atoms with E-state index in [9.17, 15) is 14.7 Å². The van der Waals surface area contributed by atoms with Crippen molar-refractivity contribution in [1.29, 1.82) is 0 Å². The Balaban J connectivity index is 2.29. The lowest BCUT2D eigenvalue weighted by atomic mass is 10.0. The Kier molecular flexibility index (Phi) is 5.83. The first-order valence-electron chi connectivity index (χ1n) is 7.80. The second-order valence-corrected chi connectivity index (χ2v) is 8.06. The van der Waals surface area contributed by atoms with Crippen molar-refractivity contribution in [1.82, 2.24) is 4.90 Å². The maximum atomic E-state index is 12.6. The van der Waals surface area contributed by atoms with Crippen LogP contribution in [-0.2, 0) is 9.59 Å². The molecule has 0 bridgehead atoms. The minimum Gasteiger partial charge on any atom is -0.548 e. The molecule has 0 saturated carbocycles. The van der Waals surface area contributed by atoms with Gasteiger partial charge in [0.05, 0.1) is 16.9 Å². The van der Waals surface area contributed by atoms with Gasteiger partial charge in [0.2, 0.25) is 0 Å². The molecule has 0 aromatic heterocycles. The van der Waals surface area contributed by atoms with Crippen molar-refractivity contribution >= 4 is 46.3 Å². The predicted octanol–water partition coefficient (Wildman–Crippen LogP) is 2.79. The molecule has 128 valence electrons. The second kappa shape index (κ2) is 7.49. The SMILES string of the molecule is CC(C)c1ccc(/C=C2\SC(=S)N([C@H](C(=O)[O-])C(C)C)C2=O)cc1. The van der Waals surface area contributed by atoms with Crippen molar-refractivity contribution in [2.24, 2.45) is 5.92 Å². The third-order valence-electron chi connectivity index (χ3n) is 3.88. The predicted molar refractivity (Wildman–Crippen MR) is 99.2 cm³/mol. The highest BCUT2D eigenvalue weighted by atomic mass is 32.2. The van der Waals surface area contributed by atoms with Crippen molar-refractivity contribution < 1.29 is 14.7 Å². The molecule has 1 heterocycles. The van der Waals surface area contributed by atoms with Crippen molar-refractivity contribution in [3.8, 4) is 0 Å². The molecular formula is C18H20NO3S2-. The summed E-state index contributed by atoms with van der Waals surface area (Å²) in [5, 5.41) is 11.4. The Morgan fingerprint density at radius 3 is 2.25 bits per heavy atom. The summed E-state index contributed by atoms with van der Waals surface area (Å²) >= 11 is 6.34. The highest BCUT2D eigenvalue weighted by Gasteiger charge is 2.38. The van der Waals surface area contributed by atoms with Crippen LogP contribution in [0.1, 0.15) is 44.7 Å². The molecule has 1 aliphatic rings. The van der Waals surface area contributed by atoms with Crippen LogP contribution in [0.15, 0.2) is 29.2 Å². The summed E-state index contributed by atoms with van der Waals surface area (Å²) in [5.41, 5.74) is 2.10. The molecule has 2 rings (SSSR count). The Morgan fingerprint density at radius 1 is 1.21 bits per heavy atom. The highest BCUT2D eigenvalue weighted by molar-refractivity contribution is 8.26. The molecule has 1 fully saturated rings. The second-order valence-electron chi connectivity index (χ2n) is 6.38. The minimum absolute atomic E-state index is 0.257. The zero-order chi connectivity index (χ0) is 18.0. The average Bonchev–Trinajstić information content (AvgIpc) is 2.75. The molecule has 1 atom stereocenters. The molecule has 0 unspecified atom stereocenters. The van der Waals surface area contributed by atoms with Crippen molar-refractivity contribution in [2.45, 2.75) is 39.7 Å². The summed E-state index contributed by atoms with van der Waals surface area (Å²) in [6, 6.07) is 6.89. The van der Waals surface area contributed by atoms with E-state index in [0.29, 0.717) is 10.8 Å². The lowest BCUT2D eigenvalue weighted by Crippen LogP contribution is -2.52. The van der Waals surface area contributed by atoms with E-state index >= 15 is 0 Å². The number of amides is 1. The molecule has 4 nitrogen and oxygen atoms in total. The molecule has 6 heteroatoms. The molecule has 24 heavy (non-hydrogen) atoms. The van der Waals surface area contributed by atoms with Gasteiger partial charge in [-0.15, -0.1) is 0 Å². The van der Waals surface area contributed by atoms with Gasteiger partial charge >= 0.3 is 0 Å². The number of benzene rings is 1. The Hall–Kier alpha value is -1.66. The van der Waals surface area contributed by atoms with E-state index in [1.807, 2.05) is 24.3 Å². The lowest BCUT2D eigenvalue weighted by molar-refractivity contribution is -0.311. The first-order valence-corrected chi connectivity index (χ1v) is 9.02. The number of carbonyl (C=O) groups excluding carboxylic acids is 2. The number of thioether (sulfide) groups is 1. The van der Waals surface area contributed by atoms with Crippen molar-refractivity contribution in [3.63, 3.8) is 0 Å². The van der Waals surface area contributed by atoms with Crippen LogP contribution < -0.4 is 5.11 Å². The largest absolute Gasteiger partial charge is 0.548 e. The summed E-state index contributed by atoms with van der Waals surface area (Å²) in [6.45, 7) is 7.69. The summed E-state index contributed by atoms with van der Waals surface area (Å²) < 4.78 is 0.257.